The van der Waals surface area contributed by atoms with Gasteiger partial charge >= 0.3 is 0 Å². The van der Waals surface area contributed by atoms with Crippen LogP contribution in [0.4, 0.5) is 5.69 Å². The highest BCUT2D eigenvalue weighted by atomic mass is 35.5. The van der Waals surface area contributed by atoms with Crippen LogP contribution in [0.25, 0.3) is 0 Å². The summed E-state index contributed by atoms with van der Waals surface area (Å²) in [6, 6.07) is 18.8. The predicted octanol–water partition coefficient (Wildman–Crippen LogP) is 3.28. The molecule has 0 radical (unpaired) electrons. The minimum absolute atomic E-state index is 0.381. The van der Waals surface area contributed by atoms with Crippen LogP contribution in [0.3, 0.4) is 0 Å². The van der Waals surface area contributed by atoms with Gasteiger partial charge in [-0.3, -0.25) is 4.99 Å². The molecule has 1 saturated heterocycles. The maximum atomic E-state index is 6.09. The second-order valence-corrected chi connectivity index (χ2v) is 6.40. The molecule has 126 valence electrons. The molecule has 2 N–H and O–H groups in total. The Labute approximate surface area is 148 Å². The van der Waals surface area contributed by atoms with Crippen molar-refractivity contribution in [2.24, 2.45) is 4.99 Å². The second-order valence-electron chi connectivity index (χ2n) is 5.97. The summed E-state index contributed by atoms with van der Waals surface area (Å²) in [5.74, 6) is 0.844. The van der Waals surface area contributed by atoms with Crippen molar-refractivity contribution < 1.29 is 0 Å². The summed E-state index contributed by atoms with van der Waals surface area (Å²) in [6.45, 7) is 2.74. The summed E-state index contributed by atoms with van der Waals surface area (Å²) in [7, 11) is 1.81. The van der Waals surface area contributed by atoms with E-state index >= 15 is 0 Å². The van der Waals surface area contributed by atoms with E-state index in [1.807, 2.05) is 43.4 Å². The molecule has 1 aliphatic rings. The van der Waals surface area contributed by atoms with Crippen LogP contribution in [-0.4, -0.2) is 32.1 Å². The minimum atomic E-state index is 0.381. The third-order valence-corrected chi connectivity index (χ3v) is 4.46. The number of rotatable bonds is 4. The van der Waals surface area contributed by atoms with Crippen LogP contribution in [0.2, 0.25) is 5.02 Å². The molecule has 5 heteroatoms. The number of nitrogens with zero attached hydrogens (tertiary/aromatic N) is 2. The Morgan fingerprint density at radius 3 is 2.79 bits per heavy atom. The van der Waals surface area contributed by atoms with E-state index < -0.39 is 0 Å². The van der Waals surface area contributed by atoms with E-state index in [9.17, 15) is 0 Å². The van der Waals surface area contributed by atoms with Gasteiger partial charge in [0.1, 0.15) is 0 Å². The number of halogens is 1. The molecule has 1 aliphatic heterocycles. The van der Waals surface area contributed by atoms with Crippen LogP contribution in [0.15, 0.2) is 59.6 Å². The van der Waals surface area contributed by atoms with Gasteiger partial charge in [0, 0.05) is 43.4 Å². The van der Waals surface area contributed by atoms with Gasteiger partial charge in [0.2, 0.25) is 0 Å². The van der Waals surface area contributed by atoms with E-state index in [1.54, 1.807) is 0 Å². The van der Waals surface area contributed by atoms with Crippen LogP contribution < -0.4 is 15.5 Å². The lowest BCUT2D eigenvalue weighted by Gasteiger charge is -2.20. The standard InChI is InChI=1S/C19H23ClN4/c1-21-19(22-13-15-6-3-2-4-7-15)23-17-10-11-24(14-17)18-9-5-8-16(20)12-18/h2-9,12,17H,10-11,13-14H2,1H3,(H2,21,22,23). The largest absolute Gasteiger partial charge is 0.369 e. The maximum absolute atomic E-state index is 6.09. The van der Waals surface area contributed by atoms with Crippen LogP contribution in [0.5, 0.6) is 0 Å². The van der Waals surface area contributed by atoms with Crippen molar-refractivity contribution in [2.75, 3.05) is 25.0 Å². The molecule has 0 saturated carbocycles. The third-order valence-electron chi connectivity index (χ3n) is 4.23. The summed E-state index contributed by atoms with van der Waals surface area (Å²) in [6.07, 6.45) is 1.08. The zero-order chi connectivity index (χ0) is 16.8. The summed E-state index contributed by atoms with van der Waals surface area (Å²) in [5.41, 5.74) is 2.42. The average molecular weight is 343 g/mol. The molecule has 1 fully saturated rings. The molecule has 0 aromatic heterocycles. The smallest absolute Gasteiger partial charge is 0.191 e. The van der Waals surface area contributed by atoms with Crippen molar-refractivity contribution in [1.82, 2.24) is 10.6 Å². The van der Waals surface area contributed by atoms with Gasteiger partial charge in [-0.25, -0.2) is 0 Å². The van der Waals surface area contributed by atoms with Crippen molar-refractivity contribution in [3.05, 3.63) is 65.2 Å². The number of guanidine groups is 1. The molecule has 1 atom stereocenters. The summed E-state index contributed by atoms with van der Waals surface area (Å²) < 4.78 is 0. The van der Waals surface area contributed by atoms with Crippen LogP contribution in [-0.2, 0) is 6.54 Å². The van der Waals surface area contributed by atoms with E-state index in [4.69, 9.17) is 11.6 Å². The average Bonchev–Trinajstić information content (AvgIpc) is 3.08. The van der Waals surface area contributed by atoms with Crippen molar-refractivity contribution >= 4 is 23.2 Å². The Morgan fingerprint density at radius 1 is 1.21 bits per heavy atom. The lowest BCUT2D eigenvalue weighted by Crippen LogP contribution is -2.44. The highest BCUT2D eigenvalue weighted by Gasteiger charge is 2.23. The highest BCUT2D eigenvalue weighted by molar-refractivity contribution is 6.30. The zero-order valence-corrected chi connectivity index (χ0v) is 14.6. The first kappa shape index (κ1) is 16.7. The summed E-state index contributed by atoms with van der Waals surface area (Å²) in [5, 5.41) is 7.67. The van der Waals surface area contributed by atoms with Gasteiger partial charge < -0.3 is 15.5 Å². The highest BCUT2D eigenvalue weighted by Crippen LogP contribution is 2.23. The topological polar surface area (TPSA) is 39.7 Å². The van der Waals surface area contributed by atoms with Crippen LogP contribution in [0, 0.1) is 0 Å². The number of aliphatic imine (C=N–C) groups is 1. The molecule has 0 bridgehead atoms. The zero-order valence-electron chi connectivity index (χ0n) is 13.9. The van der Waals surface area contributed by atoms with Gasteiger partial charge in [0.15, 0.2) is 5.96 Å². The van der Waals surface area contributed by atoms with E-state index in [0.29, 0.717) is 6.04 Å². The maximum Gasteiger partial charge on any atom is 0.191 e. The second kappa shape index (κ2) is 8.06. The van der Waals surface area contributed by atoms with E-state index in [1.165, 1.54) is 11.3 Å². The summed E-state index contributed by atoms with van der Waals surface area (Å²) in [4.78, 5) is 6.69. The molecular weight excluding hydrogens is 320 g/mol. The molecule has 24 heavy (non-hydrogen) atoms. The monoisotopic (exact) mass is 342 g/mol. The van der Waals surface area contributed by atoms with Crippen molar-refractivity contribution in [2.45, 2.75) is 19.0 Å². The molecule has 1 heterocycles. The number of anilines is 1. The minimum Gasteiger partial charge on any atom is -0.369 e. The molecule has 2 aromatic carbocycles. The van der Waals surface area contributed by atoms with E-state index in [-0.39, 0.29) is 0 Å². The Balaban J connectivity index is 1.52. The molecular formula is C19H23ClN4. The molecule has 1 unspecified atom stereocenters. The molecule has 2 aromatic rings. The van der Waals surface area contributed by atoms with Gasteiger partial charge in [-0.15, -0.1) is 0 Å². The number of hydrogen-bond acceptors (Lipinski definition) is 2. The van der Waals surface area contributed by atoms with Gasteiger partial charge in [-0.2, -0.15) is 0 Å². The van der Waals surface area contributed by atoms with Crippen LogP contribution >= 0.6 is 11.6 Å². The van der Waals surface area contributed by atoms with Crippen molar-refractivity contribution in [3.63, 3.8) is 0 Å². The Kier molecular flexibility index (Phi) is 5.59. The SMILES string of the molecule is CN=C(NCc1ccccc1)NC1CCN(c2cccc(Cl)c2)C1. The predicted molar refractivity (Wildman–Crippen MR) is 102 cm³/mol. The van der Waals surface area contributed by atoms with Gasteiger partial charge in [0.25, 0.3) is 0 Å². The van der Waals surface area contributed by atoms with E-state index in [0.717, 1.165) is 37.0 Å². The lowest BCUT2D eigenvalue weighted by atomic mass is 10.2. The fourth-order valence-corrected chi connectivity index (χ4v) is 3.14. The Hall–Kier alpha value is -2.20. The van der Waals surface area contributed by atoms with Crippen molar-refractivity contribution in [1.29, 1.82) is 0 Å². The number of hydrogen-bond donors (Lipinski definition) is 2. The van der Waals surface area contributed by atoms with Gasteiger partial charge in [-0.05, 0) is 30.2 Å². The first-order valence-corrected chi connectivity index (χ1v) is 8.64. The quantitative estimate of drug-likeness (QED) is 0.661. The Morgan fingerprint density at radius 2 is 2.04 bits per heavy atom. The number of benzene rings is 2. The normalized spacial score (nSPS) is 17.8. The molecule has 4 nitrogen and oxygen atoms in total. The first-order valence-electron chi connectivity index (χ1n) is 8.26. The third kappa shape index (κ3) is 4.42. The first-order chi connectivity index (χ1) is 11.7. The molecule has 0 aliphatic carbocycles. The number of nitrogens with one attached hydrogen (secondary N) is 2. The van der Waals surface area contributed by atoms with Crippen LogP contribution in [0.1, 0.15) is 12.0 Å². The molecule has 0 spiro atoms. The van der Waals surface area contributed by atoms with Gasteiger partial charge in [-0.1, -0.05) is 48.0 Å². The van der Waals surface area contributed by atoms with Crippen molar-refractivity contribution in [3.8, 4) is 0 Å². The molecule has 3 rings (SSSR count). The molecule has 0 amide bonds. The lowest BCUT2D eigenvalue weighted by molar-refractivity contribution is 0.648. The Bertz CT molecular complexity index is 687. The fraction of sp³-hybridized carbons (Fsp3) is 0.316. The summed E-state index contributed by atoms with van der Waals surface area (Å²) >= 11 is 6.09. The fourth-order valence-electron chi connectivity index (χ4n) is 2.96. The van der Waals surface area contributed by atoms with Gasteiger partial charge in [0.05, 0.1) is 0 Å². The van der Waals surface area contributed by atoms with E-state index in [2.05, 4.69) is 38.7 Å².